The molecule has 2 aromatic heterocycles. The molecule has 0 aliphatic rings. The Kier molecular flexibility index (Phi) is 3.97. The van der Waals surface area contributed by atoms with Gasteiger partial charge in [-0.05, 0) is 62.0 Å². The van der Waals surface area contributed by atoms with E-state index in [9.17, 15) is 0 Å². The maximum atomic E-state index is 6.11. The van der Waals surface area contributed by atoms with Gasteiger partial charge in [0.25, 0.3) is 5.78 Å². The van der Waals surface area contributed by atoms with Crippen LogP contribution in [0.1, 0.15) is 0 Å². The highest BCUT2D eigenvalue weighted by molar-refractivity contribution is 6.23. The van der Waals surface area contributed by atoms with Crippen molar-refractivity contribution in [1.82, 2.24) is 0 Å². The van der Waals surface area contributed by atoms with Gasteiger partial charge in [0.05, 0.1) is 5.39 Å². The number of benzene rings is 6. The minimum absolute atomic E-state index is 0.581. The lowest BCUT2D eigenvalue weighted by atomic mass is 9.86. The molecule has 0 atom stereocenters. The second-order valence-corrected chi connectivity index (χ2v) is 9.28. The quantitative estimate of drug-likeness (QED) is 0.240. The van der Waals surface area contributed by atoms with Crippen LogP contribution in [0.2, 0.25) is 0 Å². The molecule has 2 heterocycles. The average Bonchev–Trinajstić information content (AvgIpc) is 3.48. The van der Waals surface area contributed by atoms with E-state index in [-0.39, 0.29) is 0 Å². The van der Waals surface area contributed by atoms with Crippen LogP contribution in [0.3, 0.4) is 0 Å². The van der Waals surface area contributed by atoms with Gasteiger partial charge in [-0.15, -0.1) is 0 Å². The van der Waals surface area contributed by atoms with E-state index >= 15 is 0 Å². The molecule has 0 unspecified atom stereocenters. The van der Waals surface area contributed by atoms with Crippen LogP contribution in [0.4, 0.5) is 0 Å². The number of hydrogen-bond acceptors (Lipinski definition) is 2. The summed E-state index contributed by atoms with van der Waals surface area (Å²) < 4.78 is 12.1. The molecule has 0 radical (unpaired) electrons. The van der Waals surface area contributed by atoms with Crippen molar-refractivity contribution in [2.45, 2.75) is 0 Å². The first-order chi connectivity index (χ1) is 17.9. The molecule has 2 heteroatoms. The van der Waals surface area contributed by atoms with E-state index in [2.05, 4.69) is 103 Å². The zero-order chi connectivity index (χ0) is 23.6. The maximum Gasteiger partial charge on any atom is 0.299 e. The standard InChI is InChI=1S/C34H20O2/c1-2-10-21(11-3-1)31-23-12-4-6-14-25(23)32(26-15-7-5-13-24(26)31)22-18-19-30-28(20-22)33-27-16-8-9-17-29(27)35-34(33)36-30/h1-20H. The van der Waals surface area contributed by atoms with Gasteiger partial charge in [-0.3, -0.25) is 0 Å². The smallest absolute Gasteiger partial charge is 0.299 e. The van der Waals surface area contributed by atoms with Crippen molar-refractivity contribution in [3.63, 3.8) is 0 Å². The van der Waals surface area contributed by atoms with Crippen molar-refractivity contribution in [2.75, 3.05) is 0 Å². The number of fused-ring (bicyclic) bond motifs is 7. The molecule has 8 rings (SSSR count). The third-order valence-corrected chi connectivity index (χ3v) is 7.30. The van der Waals surface area contributed by atoms with Gasteiger partial charge >= 0.3 is 0 Å². The topological polar surface area (TPSA) is 26.3 Å². The van der Waals surface area contributed by atoms with Crippen LogP contribution in [0, 0.1) is 0 Å². The summed E-state index contributed by atoms with van der Waals surface area (Å²) in [6.07, 6.45) is 0. The van der Waals surface area contributed by atoms with Gasteiger partial charge in [0.1, 0.15) is 11.2 Å². The SMILES string of the molecule is c1ccc(-c2c3ccccc3c(-c3ccc4oc5oc6ccccc6c5c4c3)c3ccccc23)cc1. The summed E-state index contributed by atoms with van der Waals surface area (Å²) in [5.41, 5.74) is 6.60. The van der Waals surface area contributed by atoms with E-state index < -0.39 is 0 Å². The van der Waals surface area contributed by atoms with Gasteiger partial charge in [-0.25, -0.2) is 0 Å². The molecule has 0 N–H and O–H groups in total. The molecule has 0 aliphatic carbocycles. The molecule has 0 bridgehead atoms. The summed E-state index contributed by atoms with van der Waals surface area (Å²) in [5, 5.41) is 8.19. The lowest BCUT2D eigenvalue weighted by molar-refractivity contribution is 0.524. The van der Waals surface area contributed by atoms with Crippen molar-refractivity contribution >= 4 is 54.6 Å². The average molecular weight is 461 g/mol. The van der Waals surface area contributed by atoms with E-state index in [0.717, 1.165) is 27.3 Å². The minimum atomic E-state index is 0.581. The Labute approximate surface area is 207 Å². The first-order valence-corrected chi connectivity index (χ1v) is 12.2. The fourth-order valence-electron chi connectivity index (χ4n) is 5.77. The van der Waals surface area contributed by atoms with Gasteiger partial charge < -0.3 is 8.83 Å². The zero-order valence-electron chi connectivity index (χ0n) is 19.4. The van der Waals surface area contributed by atoms with Crippen LogP contribution in [0.5, 0.6) is 0 Å². The largest absolute Gasteiger partial charge is 0.425 e. The molecule has 6 aromatic carbocycles. The Morgan fingerprint density at radius 3 is 1.50 bits per heavy atom. The highest BCUT2D eigenvalue weighted by atomic mass is 16.5. The van der Waals surface area contributed by atoms with Gasteiger partial charge in [0.2, 0.25) is 0 Å². The first kappa shape index (κ1) is 19.5. The van der Waals surface area contributed by atoms with Crippen LogP contribution < -0.4 is 0 Å². The lowest BCUT2D eigenvalue weighted by Crippen LogP contribution is -1.90. The van der Waals surface area contributed by atoms with Gasteiger partial charge in [0.15, 0.2) is 0 Å². The van der Waals surface area contributed by atoms with Crippen molar-refractivity contribution in [1.29, 1.82) is 0 Å². The predicted octanol–water partition coefficient (Wildman–Crippen LogP) is 9.97. The van der Waals surface area contributed by atoms with E-state index in [1.165, 1.54) is 43.8 Å². The van der Waals surface area contributed by atoms with Crippen LogP contribution in [0.25, 0.3) is 76.9 Å². The first-order valence-electron chi connectivity index (χ1n) is 12.2. The predicted molar refractivity (Wildman–Crippen MR) is 149 cm³/mol. The fraction of sp³-hybridized carbons (Fsp3) is 0. The molecule has 0 fully saturated rings. The third kappa shape index (κ3) is 2.67. The molecule has 0 spiro atoms. The summed E-state index contributed by atoms with van der Waals surface area (Å²) in [4.78, 5) is 0. The monoisotopic (exact) mass is 460 g/mol. The number of furan rings is 2. The zero-order valence-corrected chi connectivity index (χ0v) is 19.4. The minimum Gasteiger partial charge on any atom is -0.425 e. The number of rotatable bonds is 2. The number of para-hydroxylation sites is 1. The molecule has 0 saturated carbocycles. The van der Waals surface area contributed by atoms with Crippen LogP contribution in [-0.2, 0) is 0 Å². The van der Waals surface area contributed by atoms with E-state index in [4.69, 9.17) is 8.83 Å². The van der Waals surface area contributed by atoms with Crippen LogP contribution in [-0.4, -0.2) is 0 Å². The molecule has 0 saturated heterocycles. The van der Waals surface area contributed by atoms with Gasteiger partial charge in [-0.1, -0.05) is 103 Å². The van der Waals surface area contributed by atoms with Crippen molar-refractivity contribution in [3.8, 4) is 22.3 Å². The molecular formula is C34H20O2. The molecule has 36 heavy (non-hydrogen) atoms. The molecular weight excluding hydrogens is 440 g/mol. The second-order valence-electron chi connectivity index (χ2n) is 9.28. The summed E-state index contributed by atoms with van der Waals surface area (Å²) in [6, 6.07) is 42.8. The normalized spacial score (nSPS) is 11.9. The Morgan fingerprint density at radius 2 is 0.861 bits per heavy atom. The molecule has 0 amide bonds. The summed E-state index contributed by atoms with van der Waals surface area (Å²) in [6.45, 7) is 0. The molecule has 2 nitrogen and oxygen atoms in total. The van der Waals surface area contributed by atoms with Crippen molar-refractivity contribution in [2.24, 2.45) is 0 Å². The van der Waals surface area contributed by atoms with E-state index in [1.54, 1.807) is 0 Å². The third-order valence-electron chi connectivity index (χ3n) is 7.30. The molecule has 0 aliphatic heterocycles. The van der Waals surface area contributed by atoms with E-state index in [0.29, 0.717) is 5.78 Å². The molecule has 8 aromatic rings. The summed E-state index contributed by atoms with van der Waals surface area (Å²) in [5.74, 6) is 0.581. The second kappa shape index (κ2) is 7.34. The summed E-state index contributed by atoms with van der Waals surface area (Å²) >= 11 is 0. The van der Waals surface area contributed by atoms with Crippen LogP contribution >= 0.6 is 0 Å². The van der Waals surface area contributed by atoms with E-state index in [1.807, 2.05) is 18.2 Å². The lowest BCUT2D eigenvalue weighted by Gasteiger charge is -2.17. The van der Waals surface area contributed by atoms with Crippen LogP contribution in [0.15, 0.2) is 130 Å². The fourth-order valence-corrected chi connectivity index (χ4v) is 5.77. The Bertz CT molecular complexity index is 2030. The summed E-state index contributed by atoms with van der Waals surface area (Å²) in [7, 11) is 0. The van der Waals surface area contributed by atoms with Crippen molar-refractivity contribution in [3.05, 3.63) is 121 Å². The Morgan fingerprint density at radius 1 is 0.361 bits per heavy atom. The van der Waals surface area contributed by atoms with Gasteiger partial charge in [-0.2, -0.15) is 0 Å². The molecule has 168 valence electrons. The number of hydrogen-bond donors (Lipinski definition) is 0. The van der Waals surface area contributed by atoms with Crippen molar-refractivity contribution < 1.29 is 8.83 Å². The Balaban J connectivity index is 1.51. The maximum absolute atomic E-state index is 6.11. The highest BCUT2D eigenvalue weighted by Crippen LogP contribution is 2.45. The Hall–Kier alpha value is -4.82. The highest BCUT2D eigenvalue weighted by Gasteiger charge is 2.19. The van der Waals surface area contributed by atoms with Gasteiger partial charge in [0, 0.05) is 10.8 Å².